The Bertz CT molecular complexity index is 460. The minimum atomic E-state index is 0.725. The molecule has 2 heterocycles. The molecule has 0 atom stereocenters. The molecule has 1 fully saturated rings. The second kappa shape index (κ2) is 4.10. The van der Waals surface area contributed by atoms with Gasteiger partial charge in [-0.15, -0.1) is 0 Å². The zero-order valence-electron chi connectivity index (χ0n) is 9.02. The van der Waals surface area contributed by atoms with E-state index in [0.717, 1.165) is 42.6 Å². The topological polar surface area (TPSA) is 38.1 Å². The van der Waals surface area contributed by atoms with Crippen LogP contribution in [0.15, 0.2) is 41.0 Å². The normalized spacial score (nSPS) is 16.0. The van der Waals surface area contributed by atoms with Gasteiger partial charge in [-0.3, -0.25) is 0 Å². The summed E-state index contributed by atoms with van der Waals surface area (Å²) in [4.78, 5) is 4.51. The first kappa shape index (κ1) is 9.60. The molecule has 1 N–H and O–H groups in total. The molecule has 1 aromatic heterocycles. The van der Waals surface area contributed by atoms with Crippen molar-refractivity contribution >= 4 is 0 Å². The second-order valence-corrected chi connectivity index (χ2v) is 4.24. The number of benzene rings is 1. The molecule has 0 bridgehead atoms. The lowest BCUT2D eigenvalue weighted by molar-refractivity contribution is 0.344. The SMILES string of the molecule is c1ccc(-c2nc(CC3CNC3)co2)cc1. The first-order valence-corrected chi connectivity index (χ1v) is 5.62. The van der Waals surface area contributed by atoms with Crippen molar-refractivity contribution in [2.45, 2.75) is 6.42 Å². The van der Waals surface area contributed by atoms with Gasteiger partial charge in [0, 0.05) is 5.56 Å². The van der Waals surface area contributed by atoms with Crippen molar-refractivity contribution in [3.63, 3.8) is 0 Å². The number of nitrogens with zero attached hydrogens (tertiary/aromatic N) is 1. The van der Waals surface area contributed by atoms with E-state index in [-0.39, 0.29) is 0 Å². The number of hydrogen-bond acceptors (Lipinski definition) is 3. The zero-order valence-corrected chi connectivity index (χ0v) is 9.02. The van der Waals surface area contributed by atoms with Crippen LogP contribution >= 0.6 is 0 Å². The molecule has 3 heteroatoms. The maximum Gasteiger partial charge on any atom is 0.226 e. The zero-order chi connectivity index (χ0) is 10.8. The van der Waals surface area contributed by atoms with Crippen LogP contribution in [0.4, 0.5) is 0 Å². The number of rotatable bonds is 3. The third kappa shape index (κ3) is 1.86. The lowest BCUT2D eigenvalue weighted by Gasteiger charge is -2.25. The van der Waals surface area contributed by atoms with E-state index < -0.39 is 0 Å². The highest BCUT2D eigenvalue weighted by Gasteiger charge is 2.18. The molecule has 16 heavy (non-hydrogen) atoms. The van der Waals surface area contributed by atoms with E-state index in [1.165, 1.54) is 0 Å². The molecule has 82 valence electrons. The average molecular weight is 214 g/mol. The largest absolute Gasteiger partial charge is 0.444 e. The summed E-state index contributed by atoms with van der Waals surface area (Å²) in [5.41, 5.74) is 2.10. The Morgan fingerprint density at radius 1 is 1.25 bits per heavy atom. The highest BCUT2D eigenvalue weighted by Crippen LogP contribution is 2.20. The molecule has 0 amide bonds. The Morgan fingerprint density at radius 3 is 2.75 bits per heavy atom. The van der Waals surface area contributed by atoms with Crippen molar-refractivity contribution < 1.29 is 4.42 Å². The van der Waals surface area contributed by atoms with Crippen LogP contribution in [0.3, 0.4) is 0 Å². The summed E-state index contributed by atoms with van der Waals surface area (Å²) in [5, 5.41) is 3.26. The summed E-state index contributed by atoms with van der Waals surface area (Å²) in [6.45, 7) is 2.21. The first-order chi connectivity index (χ1) is 7.92. The van der Waals surface area contributed by atoms with Gasteiger partial charge in [-0.25, -0.2) is 4.98 Å². The Hall–Kier alpha value is -1.61. The molecule has 1 aromatic carbocycles. The van der Waals surface area contributed by atoms with E-state index in [9.17, 15) is 0 Å². The fourth-order valence-electron chi connectivity index (χ4n) is 1.90. The molecule has 1 saturated heterocycles. The molecule has 0 radical (unpaired) electrons. The summed E-state index contributed by atoms with van der Waals surface area (Å²) in [6, 6.07) is 10.0. The number of oxazole rings is 1. The van der Waals surface area contributed by atoms with Crippen molar-refractivity contribution in [1.29, 1.82) is 0 Å². The van der Waals surface area contributed by atoms with Crippen molar-refractivity contribution in [2.24, 2.45) is 5.92 Å². The van der Waals surface area contributed by atoms with Gasteiger partial charge in [-0.1, -0.05) is 18.2 Å². The maximum atomic E-state index is 5.49. The maximum absolute atomic E-state index is 5.49. The molecule has 3 nitrogen and oxygen atoms in total. The van der Waals surface area contributed by atoms with Gasteiger partial charge in [-0.2, -0.15) is 0 Å². The molecule has 1 aliphatic rings. The quantitative estimate of drug-likeness (QED) is 0.850. The van der Waals surface area contributed by atoms with Gasteiger partial charge in [0.25, 0.3) is 0 Å². The highest BCUT2D eigenvalue weighted by molar-refractivity contribution is 5.52. The minimum absolute atomic E-state index is 0.725. The smallest absolute Gasteiger partial charge is 0.226 e. The third-order valence-corrected chi connectivity index (χ3v) is 2.94. The molecule has 1 aliphatic heterocycles. The van der Waals surface area contributed by atoms with Gasteiger partial charge in [0.1, 0.15) is 6.26 Å². The van der Waals surface area contributed by atoms with Crippen LogP contribution in [0.25, 0.3) is 11.5 Å². The summed E-state index contributed by atoms with van der Waals surface area (Å²) in [5.74, 6) is 1.46. The fraction of sp³-hybridized carbons (Fsp3) is 0.308. The van der Waals surface area contributed by atoms with Gasteiger partial charge in [-0.05, 0) is 37.6 Å². The van der Waals surface area contributed by atoms with Crippen molar-refractivity contribution in [2.75, 3.05) is 13.1 Å². The van der Waals surface area contributed by atoms with E-state index >= 15 is 0 Å². The second-order valence-electron chi connectivity index (χ2n) is 4.24. The first-order valence-electron chi connectivity index (χ1n) is 5.62. The van der Waals surface area contributed by atoms with Crippen LogP contribution in [0.1, 0.15) is 5.69 Å². The Balaban J connectivity index is 1.77. The fourth-order valence-corrected chi connectivity index (χ4v) is 1.90. The lowest BCUT2D eigenvalue weighted by Crippen LogP contribution is -2.43. The average Bonchev–Trinajstić information content (AvgIpc) is 2.73. The molecule has 0 aliphatic carbocycles. The molecule has 0 spiro atoms. The van der Waals surface area contributed by atoms with E-state index in [1.807, 2.05) is 30.3 Å². The number of hydrogen-bond donors (Lipinski definition) is 1. The van der Waals surface area contributed by atoms with E-state index in [4.69, 9.17) is 4.42 Å². The van der Waals surface area contributed by atoms with Gasteiger partial charge in [0.15, 0.2) is 0 Å². The van der Waals surface area contributed by atoms with Crippen LogP contribution in [0.5, 0.6) is 0 Å². The van der Waals surface area contributed by atoms with Crippen LogP contribution in [-0.2, 0) is 6.42 Å². The summed E-state index contributed by atoms with van der Waals surface area (Å²) < 4.78 is 5.49. The van der Waals surface area contributed by atoms with E-state index in [0.29, 0.717) is 0 Å². The van der Waals surface area contributed by atoms with E-state index in [1.54, 1.807) is 6.26 Å². The molecule has 0 unspecified atom stereocenters. The highest BCUT2D eigenvalue weighted by atomic mass is 16.3. The third-order valence-electron chi connectivity index (χ3n) is 2.94. The van der Waals surface area contributed by atoms with Gasteiger partial charge >= 0.3 is 0 Å². The summed E-state index contributed by atoms with van der Waals surface area (Å²) in [7, 11) is 0. The Kier molecular flexibility index (Phi) is 2.46. The molecule has 3 rings (SSSR count). The van der Waals surface area contributed by atoms with Crippen LogP contribution in [0.2, 0.25) is 0 Å². The van der Waals surface area contributed by atoms with Gasteiger partial charge in [0.2, 0.25) is 5.89 Å². The van der Waals surface area contributed by atoms with Crippen molar-refractivity contribution in [1.82, 2.24) is 10.3 Å². The Labute approximate surface area is 94.5 Å². The van der Waals surface area contributed by atoms with Crippen LogP contribution < -0.4 is 5.32 Å². The number of nitrogens with one attached hydrogen (secondary N) is 1. The lowest BCUT2D eigenvalue weighted by atomic mass is 9.98. The van der Waals surface area contributed by atoms with Crippen LogP contribution in [0, 0.1) is 5.92 Å². The standard InChI is InChI=1S/C13H14N2O/c1-2-4-11(5-3-1)13-15-12(9-16-13)6-10-7-14-8-10/h1-5,9-10,14H,6-8H2. The predicted octanol–water partition coefficient (Wildman–Crippen LogP) is 2.10. The molecule has 2 aromatic rings. The summed E-state index contributed by atoms with van der Waals surface area (Å²) >= 11 is 0. The molecular weight excluding hydrogens is 200 g/mol. The monoisotopic (exact) mass is 214 g/mol. The van der Waals surface area contributed by atoms with Crippen molar-refractivity contribution in [3.05, 3.63) is 42.3 Å². The Morgan fingerprint density at radius 2 is 2.06 bits per heavy atom. The molecule has 0 saturated carbocycles. The van der Waals surface area contributed by atoms with Gasteiger partial charge < -0.3 is 9.73 Å². The van der Waals surface area contributed by atoms with Gasteiger partial charge in [0.05, 0.1) is 5.69 Å². The van der Waals surface area contributed by atoms with E-state index in [2.05, 4.69) is 10.3 Å². The summed E-state index contributed by atoms with van der Waals surface area (Å²) in [6.07, 6.45) is 2.80. The van der Waals surface area contributed by atoms with Crippen LogP contribution in [-0.4, -0.2) is 18.1 Å². The minimum Gasteiger partial charge on any atom is -0.444 e. The van der Waals surface area contributed by atoms with Crippen molar-refractivity contribution in [3.8, 4) is 11.5 Å². The number of aromatic nitrogens is 1. The molecular formula is C13H14N2O. The predicted molar refractivity (Wildman–Crippen MR) is 62.0 cm³/mol.